The first kappa shape index (κ1) is 18.9. The van der Waals surface area contributed by atoms with E-state index in [9.17, 15) is 22.4 Å². The standard InChI is InChI=1S/C18H22F4N2O2/c1-2-26-16(25)24(11-13-4-3-9-23-13)17(7-8-17)12-5-6-15(19)14(10-12)18(20,21)22/h5-6,10,13,23H,2-4,7-9,11H2,1H3/t13-/m0/s1. The molecular weight excluding hydrogens is 352 g/mol. The topological polar surface area (TPSA) is 41.6 Å². The first-order valence-corrected chi connectivity index (χ1v) is 8.83. The highest BCUT2D eigenvalue weighted by Gasteiger charge is 2.53. The van der Waals surface area contributed by atoms with Gasteiger partial charge in [0.2, 0.25) is 0 Å². The van der Waals surface area contributed by atoms with Crippen molar-refractivity contribution in [3.63, 3.8) is 0 Å². The molecule has 0 unspecified atom stereocenters. The second kappa shape index (κ2) is 7.06. The van der Waals surface area contributed by atoms with Gasteiger partial charge in [0.25, 0.3) is 0 Å². The smallest absolute Gasteiger partial charge is 0.419 e. The number of benzene rings is 1. The largest absolute Gasteiger partial charge is 0.450 e. The molecule has 4 nitrogen and oxygen atoms in total. The van der Waals surface area contributed by atoms with E-state index in [1.54, 1.807) is 6.92 Å². The molecule has 144 valence electrons. The van der Waals surface area contributed by atoms with Gasteiger partial charge in [0.1, 0.15) is 5.82 Å². The molecule has 26 heavy (non-hydrogen) atoms. The van der Waals surface area contributed by atoms with Crippen molar-refractivity contribution in [2.45, 2.75) is 50.4 Å². The molecule has 1 aromatic rings. The predicted octanol–water partition coefficient (Wildman–Crippen LogP) is 4.04. The van der Waals surface area contributed by atoms with Crippen LogP contribution in [0.15, 0.2) is 18.2 Å². The SMILES string of the molecule is CCOC(=O)N(C[C@@H]1CCCN1)C1(c2ccc(F)c(C(F)(F)F)c2)CC1. The maximum absolute atomic E-state index is 13.6. The summed E-state index contributed by atoms with van der Waals surface area (Å²) in [5, 5.41) is 3.29. The highest BCUT2D eigenvalue weighted by Crippen LogP contribution is 2.52. The number of hydrogen-bond donors (Lipinski definition) is 1. The number of nitrogens with zero attached hydrogens (tertiary/aromatic N) is 1. The van der Waals surface area contributed by atoms with E-state index in [1.807, 2.05) is 0 Å². The number of carbonyl (C=O) groups is 1. The molecule has 1 heterocycles. The van der Waals surface area contributed by atoms with Crippen LogP contribution in [0.2, 0.25) is 0 Å². The van der Waals surface area contributed by atoms with E-state index in [-0.39, 0.29) is 12.6 Å². The van der Waals surface area contributed by atoms with E-state index < -0.39 is 29.2 Å². The quantitative estimate of drug-likeness (QED) is 0.791. The molecule has 1 aromatic carbocycles. The van der Waals surface area contributed by atoms with Crippen LogP contribution in [0.4, 0.5) is 22.4 Å². The molecule has 0 radical (unpaired) electrons. The summed E-state index contributed by atoms with van der Waals surface area (Å²) in [5.41, 5.74) is -1.86. The number of nitrogens with one attached hydrogen (secondary N) is 1. The van der Waals surface area contributed by atoms with Gasteiger partial charge in [-0.05, 0) is 56.8 Å². The lowest BCUT2D eigenvalue weighted by Crippen LogP contribution is -2.47. The first-order chi connectivity index (χ1) is 12.3. The Kier molecular flexibility index (Phi) is 5.14. The zero-order valence-corrected chi connectivity index (χ0v) is 14.5. The van der Waals surface area contributed by atoms with Gasteiger partial charge in [-0.1, -0.05) is 6.07 Å². The van der Waals surface area contributed by atoms with Crippen molar-refractivity contribution in [3.8, 4) is 0 Å². The molecule has 1 saturated heterocycles. The minimum Gasteiger partial charge on any atom is -0.450 e. The fraction of sp³-hybridized carbons (Fsp3) is 0.611. The predicted molar refractivity (Wildman–Crippen MR) is 87.1 cm³/mol. The lowest BCUT2D eigenvalue weighted by atomic mass is 9.99. The van der Waals surface area contributed by atoms with E-state index in [0.717, 1.165) is 31.5 Å². The monoisotopic (exact) mass is 374 g/mol. The molecule has 1 amide bonds. The molecule has 3 rings (SSSR count). The van der Waals surface area contributed by atoms with Crippen LogP contribution in [0.25, 0.3) is 0 Å². The minimum atomic E-state index is -4.78. The Hall–Kier alpha value is -1.83. The van der Waals surface area contributed by atoms with Crippen molar-refractivity contribution < 1.29 is 27.1 Å². The summed E-state index contributed by atoms with van der Waals surface area (Å²) in [6.07, 6.45) is -2.38. The molecule has 1 N–H and O–H groups in total. The molecule has 1 saturated carbocycles. The Balaban J connectivity index is 1.93. The molecule has 0 bridgehead atoms. The Morgan fingerprint density at radius 2 is 2.12 bits per heavy atom. The summed E-state index contributed by atoms with van der Waals surface area (Å²) in [5.74, 6) is -1.31. The number of carbonyl (C=O) groups excluding carboxylic acids is 1. The average Bonchev–Trinajstić information content (AvgIpc) is 3.20. The van der Waals surface area contributed by atoms with Gasteiger partial charge in [0.05, 0.1) is 17.7 Å². The van der Waals surface area contributed by atoms with E-state index >= 15 is 0 Å². The molecular formula is C18H22F4N2O2. The molecule has 8 heteroatoms. The van der Waals surface area contributed by atoms with Crippen molar-refractivity contribution in [1.29, 1.82) is 0 Å². The van der Waals surface area contributed by atoms with Crippen LogP contribution in [0.1, 0.15) is 43.7 Å². The van der Waals surface area contributed by atoms with Gasteiger partial charge in [-0.15, -0.1) is 0 Å². The molecule has 1 aliphatic heterocycles. The van der Waals surface area contributed by atoms with E-state index in [0.29, 0.717) is 24.9 Å². The Morgan fingerprint density at radius 3 is 2.65 bits per heavy atom. The zero-order chi connectivity index (χ0) is 18.9. The van der Waals surface area contributed by atoms with Crippen LogP contribution in [0, 0.1) is 5.82 Å². The van der Waals surface area contributed by atoms with Crippen LogP contribution in [-0.4, -0.2) is 36.7 Å². The third kappa shape index (κ3) is 3.65. The van der Waals surface area contributed by atoms with Gasteiger partial charge in [-0.3, -0.25) is 4.90 Å². The molecule has 0 aromatic heterocycles. The molecule has 2 aliphatic rings. The number of ether oxygens (including phenoxy) is 1. The third-order valence-electron chi connectivity index (χ3n) is 5.10. The highest BCUT2D eigenvalue weighted by molar-refractivity contribution is 5.70. The summed E-state index contributed by atoms with van der Waals surface area (Å²) in [4.78, 5) is 14.0. The number of halogens is 4. The summed E-state index contributed by atoms with van der Waals surface area (Å²) in [6.45, 7) is 3.07. The van der Waals surface area contributed by atoms with Crippen LogP contribution in [0.3, 0.4) is 0 Å². The summed E-state index contributed by atoms with van der Waals surface area (Å²) >= 11 is 0. The number of alkyl halides is 3. The lowest BCUT2D eigenvalue weighted by Gasteiger charge is -2.34. The minimum absolute atomic E-state index is 0.0828. The van der Waals surface area contributed by atoms with Crippen molar-refractivity contribution in [3.05, 3.63) is 35.1 Å². The second-order valence-corrected chi connectivity index (χ2v) is 6.83. The molecule has 1 aliphatic carbocycles. The van der Waals surface area contributed by atoms with E-state index in [4.69, 9.17) is 4.74 Å². The van der Waals surface area contributed by atoms with Crippen molar-refractivity contribution >= 4 is 6.09 Å². The molecule has 1 atom stereocenters. The fourth-order valence-corrected chi connectivity index (χ4v) is 3.62. The number of rotatable bonds is 5. The maximum Gasteiger partial charge on any atom is 0.419 e. The van der Waals surface area contributed by atoms with Crippen LogP contribution >= 0.6 is 0 Å². The summed E-state index contributed by atoms with van der Waals surface area (Å²) < 4.78 is 58.1. The third-order valence-corrected chi connectivity index (χ3v) is 5.10. The van der Waals surface area contributed by atoms with Crippen molar-refractivity contribution in [2.75, 3.05) is 19.7 Å². The van der Waals surface area contributed by atoms with Gasteiger partial charge in [0.15, 0.2) is 0 Å². The summed E-state index contributed by atoms with van der Waals surface area (Å²) in [6, 6.07) is 3.08. The zero-order valence-electron chi connectivity index (χ0n) is 14.5. The van der Waals surface area contributed by atoms with Crippen molar-refractivity contribution in [1.82, 2.24) is 10.2 Å². The second-order valence-electron chi connectivity index (χ2n) is 6.83. The van der Waals surface area contributed by atoms with Gasteiger partial charge in [-0.25, -0.2) is 9.18 Å². The van der Waals surface area contributed by atoms with Gasteiger partial charge < -0.3 is 10.1 Å². The van der Waals surface area contributed by atoms with Gasteiger partial charge in [-0.2, -0.15) is 13.2 Å². The average molecular weight is 374 g/mol. The van der Waals surface area contributed by atoms with Crippen LogP contribution in [0.5, 0.6) is 0 Å². The van der Waals surface area contributed by atoms with Crippen LogP contribution < -0.4 is 5.32 Å². The number of hydrogen-bond acceptors (Lipinski definition) is 3. The fourth-order valence-electron chi connectivity index (χ4n) is 3.62. The van der Waals surface area contributed by atoms with Crippen LogP contribution in [-0.2, 0) is 16.5 Å². The molecule has 0 spiro atoms. The number of amides is 1. The van der Waals surface area contributed by atoms with Gasteiger partial charge >= 0.3 is 12.3 Å². The Bertz CT molecular complexity index is 668. The Labute approximate surface area is 149 Å². The summed E-state index contributed by atoms with van der Waals surface area (Å²) in [7, 11) is 0. The highest BCUT2D eigenvalue weighted by atomic mass is 19.4. The maximum atomic E-state index is 13.6. The first-order valence-electron chi connectivity index (χ1n) is 8.83. The van der Waals surface area contributed by atoms with Gasteiger partial charge in [0, 0.05) is 12.6 Å². The van der Waals surface area contributed by atoms with E-state index in [2.05, 4.69) is 5.32 Å². The van der Waals surface area contributed by atoms with Crippen molar-refractivity contribution in [2.24, 2.45) is 0 Å². The van der Waals surface area contributed by atoms with E-state index in [1.165, 1.54) is 11.0 Å². The normalized spacial score (nSPS) is 21.5. The Morgan fingerprint density at radius 1 is 1.38 bits per heavy atom. The molecule has 2 fully saturated rings. The lowest BCUT2D eigenvalue weighted by molar-refractivity contribution is -0.140.